The zero-order chi connectivity index (χ0) is 24.5. The van der Waals surface area contributed by atoms with Gasteiger partial charge in [-0.1, -0.05) is 54.6 Å². The van der Waals surface area contributed by atoms with Gasteiger partial charge in [0.15, 0.2) is 11.5 Å². The molecule has 0 aliphatic heterocycles. The number of carbonyl (C=O) groups excluding carboxylic acids is 2. The Kier molecular flexibility index (Phi) is 7.70. The van der Waals surface area contributed by atoms with Gasteiger partial charge < -0.3 is 14.8 Å². The second-order valence-electron chi connectivity index (χ2n) is 7.57. The molecule has 0 fully saturated rings. The number of rotatable bonds is 9. The van der Waals surface area contributed by atoms with Crippen molar-refractivity contribution in [3.63, 3.8) is 0 Å². The number of ether oxygens (including phenoxy) is 2. The zero-order valence-corrected chi connectivity index (χ0v) is 19.2. The van der Waals surface area contributed by atoms with E-state index in [4.69, 9.17) is 9.47 Å². The topological polar surface area (TPSA) is 89.0 Å². The number of hydrazone groups is 1. The monoisotopic (exact) mass is 467 g/mol. The Morgan fingerprint density at radius 2 is 1.66 bits per heavy atom. The molecule has 35 heavy (non-hydrogen) atoms. The lowest BCUT2D eigenvalue weighted by Gasteiger charge is -2.12. The molecule has 4 aromatic rings. The fraction of sp³-hybridized carbons (Fsp3) is 0.107. The van der Waals surface area contributed by atoms with E-state index in [1.165, 1.54) is 6.21 Å². The molecule has 0 spiro atoms. The number of esters is 1. The van der Waals surface area contributed by atoms with Crippen LogP contribution in [-0.2, 0) is 4.79 Å². The summed E-state index contributed by atoms with van der Waals surface area (Å²) < 4.78 is 11.4. The standard InChI is InChI=1S/C28H25N3O4/c1-2-34-26-17-20(18-30-31-27(32)19-29-22-11-4-3-5-12-22)15-16-25(26)35-28(33)24-14-8-10-21-9-6-7-13-23(21)24/h3-18,29H,2,19H2,1H3,(H,31,32)/b30-18-. The van der Waals surface area contributed by atoms with E-state index in [1.807, 2.05) is 73.7 Å². The molecule has 0 heterocycles. The summed E-state index contributed by atoms with van der Waals surface area (Å²) >= 11 is 0. The van der Waals surface area contributed by atoms with Gasteiger partial charge in [0.25, 0.3) is 5.91 Å². The fourth-order valence-corrected chi connectivity index (χ4v) is 3.47. The lowest BCUT2D eigenvalue weighted by molar-refractivity contribution is -0.119. The summed E-state index contributed by atoms with van der Waals surface area (Å²) in [5, 5.41) is 8.79. The highest BCUT2D eigenvalue weighted by atomic mass is 16.6. The summed E-state index contributed by atoms with van der Waals surface area (Å²) in [6, 6.07) is 27.7. The van der Waals surface area contributed by atoms with Gasteiger partial charge in [-0.3, -0.25) is 4.79 Å². The molecule has 4 aromatic carbocycles. The van der Waals surface area contributed by atoms with E-state index < -0.39 is 5.97 Å². The largest absolute Gasteiger partial charge is 0.490 e. The molecular formula is C28H25N3O4. The molecule has 0 unspecified atom stereocenters. The van der Waals surface area contributed by atoms with Crippen molar-refractivity contribution < 1.29 is 19.1 Å². The van der Waals surface area contributed by atoms with Crippen molar-refractivity contribution in [3.05, 3.63) is 102 Å². The van der Waals surface area contributed by atoms with Crippen LogP contribution in [0.4, 0.5) is 5.69 Å². The third-order valence-corrected chi connectivity index (χ3v) is 5.11. The molecule has 0 saturated carbocycles. The Morgan fingerprint density at radius 1 is 0.886 bits per heavy atom. The summed E-state index contributed by atoms with van der Waals surface area (Å²) in [7, 11) is 0. The average molecular weight is 468 g/mol. The van der Waals surface area contributed by atoms with Crippen LogP contribution in [-0.4, -0.2) is 31.2 Å². The number of nitrogens with zero attached hydrogens (tertiary/aromatic N) is 1. The first-order valence-corrected chi connectivity index (χ1v) is 11.2. The SMILES string of the molecule is CCOc1cc(/C=N\NC(=O)CNc2ccccc2)ccc1OC(=O)c1cccc2ccccc12. The summed E-state index contributed by atoms with van der Waals surface area (Å²) in [5.41, 5.74) is 4.48. The van der Waals surface area contributed by atoms with E-state index in [9.17, 15) is 9.59 Å². The first-order valence-electron chi connectivity index (χ1n) is 11.2. The van der Waals surface area contributed by atoms with Gasteiger partial charge in [-0.15, -0.1) is 0 Å². The van der Waals surface area contributed by atoms with Crippen molar-refractivity contribution in [2.45, 2.75) is 6.92 Å². The molecule has 7 heteroatoms. The van der Waals surface area contributed by atoms with Gasteiger partial charge in [0.05, 0.1) is 24.9 Å². The molecule has 2 N–H and O–H groups in total. The summed E-state index contributed by atoms with van der Waals surface area (Å²) in [6.45, 7) is 2.33. The number of anilines is 1. The molecule has 4 rings (SSSR count). The molecule has 0 aromatic heterocycles. The Bertz CT molecular complexity index is 1350. The lowest BCUT2D eigenvalue weighted by Crippen LogP contribution is -2.25. The maximum Gasteiger partial charge on any atom is 0.344 e. The van der Waals surface area contributed by atoms with E-state index >= 15 is 0 Å². The van der Waals surface area contributed by atoms with Gasteiger partial charge in [-0.2, -0.15) is 5.10 Å². The van der Waals surface area contributed by atoms with Crippen molar-refractivity contribution in [2.24, 2.45) is 5.10 Å². The van der Waals surface area contributed by atoms with Crippen molar-refractivity contribution in [3.8, 4) is 11.5 Å². The third kappa shape index (κ3) is 6.23. The molecule has 7 nitrogen and oxygen atoms in total. The van der Waals surface area contributed by atoms with Crippen LogP contribution < -0.4 is 20.2 Å². The molecule has 176 valence electrons. The van der Waals surface area contributed by atoms with Crippen LogP contribution >= 0.6 is 0 Å². The van der Waals surface area contributed by atoms with E-state index in [0.717, 1.165) is 16.5 Å². The predicted octanol–water partition coefficient (Wildman–Crippen LogP) is 5.02. The third-order valence-electron chi connectivity index (χ3n) is 5.11. The highest BCUT2D eigenvalue weighted by Crippen LogP contribution is 2.30. The van der Waals surface area contributed by atoms with Gasteiger partial charge in [0.1, 0.15) is 0 Å². The van der Waals surface area contributed by atoms with Crippen molar-refractivity contribution in [2.75, 3.05) is 18.5 Å². The Balaban J connectivity index is 1.41. The van der Waals surface area contributed by atoms with Gasteiger partial charge in [-0.25, -0.2) is 10.2 Å². The Morgan fingerprint density at radius 3 is 2.49 bits per heavy atom. The van der Waals surface area contributed by atoms with E-state index in [1.54, 1.807) is 24.3 Å². The van der Waals surface area contributed by atoms with Gasteiger partial charge >= 0.3 is 5.97 Å². The first-order chi connectivity index (χ1) is 17.1. The summed E-state index contributed by atoms with van der Waals surface area (Å²) in [5.74, 6) is -0.0433. The maximum absolute atomic E-state index is 12.9. The number of para-hydroxylation sites is 1. The number of fused-ring (bicyclic) bond motifs is 1. The molecule has 0 bridgehead atoms. The number of hydrogen-bond donors (Lipinski definition) is 2. The van der Waals surface area contributed by atoms with Gasteiger partial charge in [0, 0.05) is 5.69 Å². The van der Waals surface area contributed by atoms with Crippen LogP contribution in [0.1, 0.15) is 22.8 Å². The predicted molar refractivity (Wildman–Crippen MR) is 137 cm³/mol. The molecule has 0 aliphatic rings. The summed E-state index contributed by atoms with van der Waals surface area (Å²) in [4.78, 5) is 24.9. The van der Waals surface area contributed by atoms with Crippen LogP contribution in [0.5, 0.6) is 11.5 Å². The van der Waals surface area contributed by atoms with E-state index in [-0.39, 0.29) is 12.5 Å². The number of benzene rings is 4. The smallest absolute Gasteiger partial charge is 0.344 e. The Hall–Kier alpha value is -4.65. The highest BCUT2D eigenvalue weighted by Gasteiger charge is 2.15. The molecule has 0 atom stereocenters. The first kappa shape index (κ1) is 23.5. The fourth-order valence-electron chi connectivity index (χ4n) is 3.47. The molecule has 0 radical (unpaired) electrons. The second kappa shape index (κ2) is 11.5. The average Bonchev–Trinajstić information content (AvgIpc) is 2.89. The quantitative estimate of drug-likeness (QED) is 0.156. The van der Waals surface area contributed by atoms with Crippen molar-refractivity contribution >= 4 is 34.6 Å². The van der Waals surface area contributed by atoms with Crippen LogP contribution in [0.25, 0.3) is 10.8 Å². The molecule has 0 saturated heterocycles. The number of amides is 1. The normalized spacial score (nSPS) is 10.8. The molecule has 1 amide bonds. The minimum atomic E-state index is -0.470. The second-order valence-corrected chi connectivity index (χ2v) is 7.57. The minimum absolute atomic E-state index is 0.0919. The van der Waals surface area contributed by atoms with Gasteiger partial charge in [0.2, 0.25) is 0 Å². The van der Waals surface area contributed by atoms with Crippen LogP contribution in [0.3, 0.4) is 0 Å². The van der Waals surface area contributed by atoms with Crippen LogP contribution in [0.2, 0.25) is 0 Å². The number of nitrogens with one attached hydrogen (secondary N) is 2. The van der Waals surface area contributed by atoms with Crippen LogP contribution in [0.15, 0.2) is 96.1 Å². The van der Waals surface area contributed by atoms with Crippen LogP contribution in [0, 0.1) is 0 Å². The molecule has 0 aliphatic carbocycles. The van der Waals surface area contributed by atoms with E-state index in [0.29, 0.717) is 29.2 Å². The summed E-state index contributed by atoms with van der Waals surface area (Å²) in [6.07, 6.45) is 1.50. The maximum atomic E-state index is 12.9. The zero-order valence-electron chi connectivity index (χ0n) is 19.2. The van der Waals surface area contributed by atoms with Gasteiger partial charge in [-0.05, 0) is 59.7 Å². The van der Waals surface area contributed by atoms with Crippen molar-refractivity contribution in [1.82, 2.24) is 5.43 Å². The number of carbonyl (C=O) groups is 2. The molecular weight excluding hydrogens is 442 g/mol. The highest BCUT2D eigenvalue weighted by molar-refractivity contribution is 6.05. The van der Waals surface area contributed by atoms with E-state index in [2.05, 4.69) is 15.8 Å². The number of hydrogen-bond acceptors (Lipinski definition) is 6. The minimum Gasteiger partial charge on any atom is -0.490 e. The lowest BCUT2D eigenvalue weighted by atomic mass is 10.0. The Labute approximate surface area is 203 Å². The van der Waals surface area contributed by atoms with Crippen molar-refractivity contribution in [1.29, 1.82) is 0 Å².